The van der Waals surface area contributed by atoms with E-state index in [2.05, 4.69) is 10.3 Å². The molecule has 0 spiro atoms. The standard InChI is InChI=1S/C12H13FN2OS/c1-14-5-9-2-10(13)4-11(3-9)16-7-12-6-15-8-17-12/h2-4,6,8,14H,5,7H2,1H3. The number of benzene rings is 1. The Balaban J connectivity index is 2.04. The summed E-state index contributed by atoms with van der Waals surface area (Å²) in [6, 6.07) is 4.72. The molecule has 0 saturated carbocycles. The summed E-state index contributed by atoms with van der Waals surface area (Å²) in [6.07, 6.45) is 1.75. The van der Waals surface area contributed by atoms with E-state index in [4.69, 9.17) is 4.74 Å². The van der Waals surface area contributed by atoms with Crippen molar-refractivity contribution >= 4 is 11.3 Å². The van der Waals surface area contributed by atoms with Crippen molar-refractivity contribution in [3.8, 4) is 5.75 Å². The molecule has 17 heavy (non-hydrogen) atoms. The SMILES string of the molecule is CNCc1cc(F)cc(OCc2cncs2)c1. The van der Waals surface area contributed by atoms with Crippen molar-refractivity contribution in [3.63, 3.8) is 0 Å². The van der Waals surface area contributed by atoms with Crippen LogP contribution in [-0.2, 0) is 13.2 Å². The minimum absolute atomic E-state index is 0.281. The molecule has 0 amide bonds. The molecular weight excluding hydrogens is 239 g/mol. The normalized spacial score (nSPS) is 10.5. The Morgan fingerprint density at radius 2 is 2.29 bits per heavy atom. The number of halogens is 1. The van der Waals surface area contributed by atoms with Gasteiger partial charge in [-0.25, -0.2) is 4.39 Å². The van der Waals surface area contributed by atoms with E-state index in [1.807, 2.05) is 13.1 Å². The van der Waals surface area contributed by atoms with Crippen LogP contribution in [0, 0.1) is 5.82 Å². The van der Waals surface area contributed by atoms with Crippen LogP contribution in [0.25, 0.3) is 0 Å². The molecule has 90 valence electrons. The van der Waals surface area contributed by atoms with Gasteiger partial charge in [0.15, 0.2) is 0 Å². The van der Waals surface area contributed by atoms with Crippen LogP contribution in [0.2, 0.25) is 0 Å². The van der Waals surface area contributed by atoms with Gasteiger partial charge >= 0.3 is 0 Å². The van der Waals surface area contributed by atoms with Crippen molar-refractivity contribution in [2.75, 3.05) is 7.05 Å². The van der Waals surface area contributed by atoms with E-state index >= 15 is 0 Å². The second kappa shape index (κ2) is 5.75. The predicted molar refractivity (Wildman–Crippen MR) is 65.6 cm³/mol. The number of hydrogen-bond acceptors (Lipinski definition) is 4. The summed E-state index contributed by atoms with van der Waals surface area (Å²) in [5.41, 5.74) is 2.61. The summed E-state index contributed by atoms with van der Waals surface area (Å²) in [6.45, 7) is 1.04. The van der Waals surface area contributed by atoms with Crippen LogP contribution in [0.5, 0.6) is 5.75 Å². The molecule has 2 rings (SSSR count). The maximum atomic E-state index is 13.3. The van der Waals surface area contributed by atoms with Gasteiger partial charge < -0.3 is 10.1 Å². The number of thiazole rings is 1. The van der Waals surface area contributed by atoms with Crippen molar-refractivity contribution in [1.82, 2.24) is 10.3 Å². The number of hydrogen-bond donors (Lipinski definition) is 1. The smallest absolute Gasteiger partial charge is 0.127 e. The molecule has 0 atom stereocenters. The molecule has 0 aliphatic carbocycles. The molecule has 0 unspecified atom stereocenters. The lowest BCUT2D eigenvalue weighted by molar-refractivity contribution is 0.307. The van der Waals surface area contributed by atoms with Gasteiger partial charge in [0.1, 0.15) is 18.2 Å². The molecule has 0 bridgehead atoms. The summed E-state index contributed by atoms with van der Waals surface area (Å²) in [7, 11) is 1.82. The van der Waals surface area contributed by atoms with Gasteiger partial charge in [0, 0.05) is 18.8 Å². The van der Waals surface area contributed by atoms with Crippen molar-refractivity contribution in [3.05, 3.63) is 46.2 Å². The zero-order chi connectivity index (χ0) is 12.1. The van der Waals surface area contributed by atoms with Gasteiger partial charge in [-0.05, 0) is 24.7 Å². The summed E-state index contributed by atoms with van der Waals surface area (Å²) in [4.78, 5) is 4.97. The lowest BCUT2D eigenvalue weighted by Crippen LogP contribution is -2.05. The van der Waals surface area contributed by atoms with E-state index in [0.29, 0.717) is 18.9 Å². The van der Waals surface area contributed by atoms with Crippen LogP contribution in [0.15, 0.2) is 29.9 Å². The Labute approximate surface area is 103 Å². The quantitative estimate of drug-likeness (QED) is 0.888. The number of ether oxygens (including phenoxy) is 1. The minimum atomic E-state index is -0.281. The largest absolute Gasteiger partial charge is 0.488 e. The van der Waals surface area contributed by atoms with Gasteiger partial charge in [-0.2, -0.15) is 0 Å². The predicted octanol–water partition coefficient (Wildman–Crippen LogP) is 2.58. The third-order valence-electron chi connectivity index (χ3n) is 2.18. The molecule has 5 heteroatoms. The molecule has 1 aromatic heterocycles. The second-order valence-corrected chi connectivity index (χ2v) is 4.55. The summed E-state index contributed by atoms with van der Waals surface area (Å²) in [5, 5.41) is 2.98. The Hall–Kier alpha value is -1.46. The third-order valence-corrected chi connectivity index (χ3v) is 2.93. The maximum absolute atomic E-state index is 13.3. The zero-order valence-corrected chi connectivity index (χ0v) is 10.3. The number of nitrogens with zero attached hydrogens (tertiary/aromatic N) is 1. The number of aromatic nitrogens is 1. The fraction of sp³-hybridized carbons (Fsp3) is 0.250. The van der Waals surface area contributed by atoms with Crippen LogP contribution in [0.3, 0.4) is 0 Å². The van der Waals surface area contributed by atoms with Gasteiger partial charge in [0.25, 0.3) is 0 Å². The van der Waals surface area contributed by atoms with Crippen LogP contribution in [0.4, 0.5) is 4.39 Å². The van der Waals surface area contributed by atoms with Crippen LogP contribution >= 0.6 is 11.3 Å². The zero-order valence-electron chi connectivity index (χ0n) is 9.44. The lowest BCUT2D eigenvalue weighted by Gasteiger charge is -2.07. The Bertz CT molecular complexity index is 473. The van der Waals surface area contributed by atoms with Crippen LogP contribution in [-0.4, -0.2) is 12.0 Å². The highest BCUT2D eigenvalue weighted by atomic mass is 32.1. The third kappa shape index (κ3) is 3.51. The highest BCUT2D eigenvalue weighted by molar-refractivity contribution is 7.09. The second-order valence-electron chi connectivity index (χ2n) is 3.58. The molecule has 1 N–H and O–H groups in total. The summed E-state index contributed by atoms with van der Waals surface area (Å²) in [5.74, 6) is 0.265. The lowest BCUT2D eigenvalue weighted by atomic mass is 10.2. The first-order valence-electron chi connectivity index (χ1n) is 5.22. The molecule has 3 nitrogen and oxygen atoms in total. The highest BCUT2D eigenvalue weighted by Crippen LogP contribution is 2.18. The molecule has 1 aromatic carbocycles. The summed E-state index contributed by atoms with van der Waals surface area (Å²) >= 11 is 1.52. The van der Waals surface area contributed by atoms with Crippen molar-refractivity contribution in [1.29, 1.82) is 0 Å². The van der Waals surface area contributed by atoms with Crippen molar-refractivity contribution < 1.29 is 9.13 Å². The minimum Gasteiger partial charge on any atom is -0.488 e. The highest BCUT2D eigenvalue weighted by Gasteiger charge is 2.02. The number of nitrogens with one attached hydrogen (secondary N) is 1. The first-order valence-corrected chi connectivity index (χ1v) is 6.10. The van der Waals surface area contributed by atoms with E-state index in [1.165, 1.54) is 23.5 Å². The van der Waals surface area contributed by atoms with Crippen molar-refractivity contribution in [2.24, 2.45) is 0 Å². The number of rotatable bonds is 5. The van der Waals surface area contributed by atoms with E-state index in [0.717, 1.165) is 10.4 Å². The van der Waals surface area contributed by atoms with Gasteiger partial charge in [-0.1, -0.05) is 0 Å². The van der Waals surface area contributed by atoms with E-state index < -0.39 is 0 Å². The molecule has 0 fully saturated rings. The van der Waals surface area contributed by atoms with Crippen molar-refractivity contribution in [2.45, 2.75) is 13.2 Å². The monoisotopic (exact) mass is 252 g/mol. The fourth-order valence-corrected chi connectivity index (χ4v) is 1.98. The van der Waals surface area contributed by atoms with Gasteiger partial charge in [-0.15, -0.1) is 11.3 Å². The Morgan fingerprint density at radius 3 is 3.00 bits per heavy atom. The average molecular weight is 252 g/mol. The van der Waals surface area contributed by atoms with Gasteiger partial charge in [-0.3, -0.25) is 4.98 Å². The molecule has 0 aliphatic rings. The first-order chi connectivity index (χ1) is 8.28. The molecule has 0 aliphatic heterocycles. The fourth-order valence-electron chi connectivity index (χ4n) is 1.48. The average Bonchev–Trinajstić information content (AvgIpc) is 2.79. The summed E-state index contributed by atoms with van der Waals surface area (Å²) < 4.78 is 18.8. The maximum Gasteiger partial charge on any atom is 0.127 e. The molecular formula is C12H13FN2OS. The van der Waals surface area contributed by atoms with E-state index in [1.54, 1.807) is 11.7 Å². The molecule has 1 heterocycles. The topological polar surface area (TPSA) is 34.1 Å². The first kappa shape index (κ1) is 12.0. The van der Waals surface area contributed by atoms with Gasteiger partial charge in [0.2, 0.25) is 0 Å². The van der Waals surface area contributed by atoms with Crippen LogP contribution in [0.1, 0.15) is 10.4 Å². The van der Waals surface area contributed by atoms with E-state index in [9.17, 15) is 4.39 Å². The molecule has 0 saturated heterocycles. The van der Waals surface area contributed by atoms with E-state index in [-0.39, 0.29) is 5.82 Å². The van der Waals surface area contributed by atoms with Gasteiger partial charge in [0.05, 0.1) is 10.4 Å². The van der Waals surface area contributed by atoms with Crippen LogP contribution < -0.4 is 10.1 Å². The molecule has 2 aromatic rings. The Morgan fingerprint density at radius 1 is 1.41 bits per heavy atom. The molecule has 0 radical (unpaired) electrons. The Kier molecular flexibility index (Phi) is 4.06.